The van der Waals surface area contributed by atoms with E-state index in [1.807, 2.05) is 18.2 Å². The summed E-state index contributed by atoms with van der Waals surface area (Å²) < 4.78 is 10.4. The van der Waals surface area contributed by atoms with E-state index in [0.29, 0.717) is 0 Å². The molecule has 0 fully saturated rings. The third-order valence-electron chi connectivity index (χ3n) is 3.10. The molecule has 0 bridgehead atoms. The van der Waals surface area contributed by atoms with Gasteiger partial charge in [-0.1, -0.05) is 18.2 Å². The Bertz CT molecular complexity index is 358. The summed E-state index contributed by atoms with van der Waals surface area (Å²) >= 11 is 0. The van der Waals surface area contributed by atoms with Crippen molar-refractivity contribution < 1.29 is 9.47 Å². The molecule has 0 saturated heterocycles. The molecular formula is C15H26N2O2. The molecule has 1 unspecified atom stereocenters. The maximum atomic E-state index is 6.11. The van der Waals surface area contributed by atoms with Crippen LogP contribution in [-0.4, -0.2) is 45.4 Å². The van der Waals surface area contributed by atoms with Gasteiger partial charge in [-0.25, -0.2) is 0 Å². The van der Waals surface area contributed by atoms with Gasteiger partial charge < -0.3 is 20.1 Å². The van der Waals surface area contributed by atoms with Crippen LogP contribution in [0.4, 0.5) is 0 Å². The monoisotopic (exact) mass is 266 g/mol. The summed E-state index contributed by atoms with van der Waals surface area (Å²) in [4.78, 5) is 2.23. The van der Waals surface area contributed by atoms with Crippen LogP contribution >= 0.6 is 0 Å². The standard InChI is InChI=1S/C15H26N2O2/c1-17(12-14(16)8-6-10-18-2)11-13-7-4-5-9-15(13)19-3/h4-5,7,9,14H,6,8,10-12,16H2,1-3H3. The third kappa shape index (κ3) is 6.05. The quantitative estimate of drug-likeness (QED) is 0.693. The van der Waals surface area contributed by atoms with E-state index in [0.717, 1.165) is 38.3 Å². The number of methoxy groups -OCH3 is 2. The highest BCUT2D eigenvalue weighted by Gasteiger charge is 2.09. The molecule has 19 heavy (non-hydrogen) atoms. The molecule has 1 rings (SSSR count). The highest BCUT2D eigenvalue weighted by Crippen LogP contribution is 2.18. The van der Waals surface area contributed by atoms with Crippen LogP contribution in [0, 0.1) is 0 Å². The first-order valence-corrected chi connectivity index (χ1v) is 6.72. The van der Waals surface area contributed by atoms with Crippen LogP contribution in [0.5, 0.6) is 5.75 Å². The number of rotatable bonds is 9. The lowest BCUT2D eigenvalue weighted by Gasteiger charge is -2.22. The lowest BCUT2D eigenvalue weighted by molar-refractivity contribution is 0.187. The molecule has 0 aliphatic rings. The maximum absolute atomic E-state index is 6.11. The first-order chi connectivity index (χ1) is 9.17. The molecule has 1 atom stereocenters. The van der Waals surface area contributed by atoms with Gasteiger partial charge in [0.15, 0.2) is 0 Å². The first-order valence-electron chi connectivity index (χ1n) is 6.72. The molecule has 4 heteroatoms. The summed E-state index contributed by atoms with van der Waals surface area (Å²) in [5, 5.41) is 0. The van der Waals surface area contributed by atoms with Crippen molar-refractivity contribution in [2.45, 2.75) is 25.4 Å². The van der Waals surface area contributed by atoms with Crippen LogP contribution in [0.3, 0.4) is 0 Å². The van der Waals surface area contributed by atoms with Crippen molar-refractivity contribution in [3.63, 3.8) is 0 Å². The van der Waals surface area contributed by atoms with Crippen LogP contribution in [0.2, 0.25) is 0 Å². The van der Waals surface area contributed by atoms with Crippen LogP contribution in [0.25, 0.3) is 0 Å². The minimum Gasteiger partial charge on any atom is -0.496 e. The second kappa shape index (κ2) is 8.91. The van der Waals surface area contributed by atoms with Crippen molar-refractivity contribution in [2.24, 2.45) is 5.73 Å². The van der Waals surface area contributed by atoms with Crippen LogP contribution < -0.4 is 10.5 Å². The lowest BCUT2D eigenvalue weighted by Crippen LogP contribution is -2.35. The van der Waals surface area contributed by atoms with Gasteiger partial charge in [-0.3, -0.25) is 0 Å². The summed E-state index contributed by atoms with van der Waals surface area (Å²) in [7, 11) is 5.51. The molecule has 0 saturated carbocycles. The molecule has 0 aromatic heterocycles. The summed E-state index contributed by atoms with van der Waals surface area (Å²) in [6, 6.07) is 8.28. The number of nitrogens with two attached hydrogens (primary N) is 1. The second-order valence-corrected chi connectivity index (χ2v) is 4.90. The van der Waals surface area contributed by atoms with Crippen molar-refractivity contribution in [3.05, 3.63) is 29.8 Å². The maximum Gasteiger partial charge on any atom is 0.123 e. The Morgan fingerprint density at radius 3 is 2.68 bits per heavy atom. The number of hydrogen-bond donors (Lipinski definition) is 1. The molecular weight excluding hydrogens is 240 g/mol. The summed E-state index contributed by atoms with van der Waals surface area (Å²) in [5.74, 6) is 0.933. The van der Waals surface area contributed by atoms with Gasteiger partial charge in [-0.05, 0) is 26.0 Å². The van der Waals surface area contributed by atoms with Crippen LogP contribution in [-0.2, 0) is 11.3 Å². The van der Waals surface area contributed by atoms with Gasteiger partial charge in [0.1, 0.15) is 5.75 Å². The lowest BCUT2D eigenvalue weighted by atomic mass is 10.1. The predicted octanol–water partition coefficient (Wildman–Crippen LogP) is 1.88. The Labute approximate surface area is 116 Å². The van der Waals surface area contributed by atoms with Gasteiger partial charge in [0.2, 0.25) is 0 Å². The molecule has 2 N–H and O–H groups in total. The minimum atomic E-state index is 0.190. The Balaban J connectivity index is 2.39. The number of likely N-dealkylation sites (N-methyl/N-ethyl adjacent to an activating group) is 1. The fraction of sp³-hybridized carbons (Fsp3) is 0.600. The number of nitrogens with zero attached hydrogens (tertiary/aromatic N) is 1. The van der Waals surface area contributed by atoms with E-state index in [1.165, 1.54) is 5.56 Å². The largest absolute Gasteiger partial charge is 0.496 e. The van der Waals surface area contributed by atoms with E-state index in [2.05, 4.69) is 18.0 Å². The molecule has 1 aromatic rings. The second-order valence-electron chi connectivity index (χ2n) is 4.90. The topological polar surface area (TPSA) is 47.7 Å². The SMILES string of the molecule is COCCCC(N)CN(C)Cc1ccccc1OC. The highest BCUT2D eigenvalue weighted by atomic mass is 16.5. The average molecular weight is 266 g/mol. The van der Waals surface area contributed by atoms with Gasteiger partial charge in [0.05, 0.1) is 7.11 Å². The Kier molecular flexibility index (Phi) is 7.48. The molecule has 0 aliphatic heterocycles. The molecule has 108 valence electrons. The predicted molar refractivity (Wildman–Crippen MR) is 78.4 cm³/mol. The fourth-order valence-corrected chi connectivity index (χ4v) is 2.17. The smallest absolute Gasteiger partial charge is 0.123 e. The van der Waals surface area contributed by atoms with Crippen molar-refractivity contribution in [3.8, 4) is 5.75 Å². The fourth-order valence-electron chi connectivity index (χ4n) is 2.17. The summed E-state index contributed by atoms with van der Waals surface area (Å²) in [5.41, 5.74) is 7.30. The van der Waals surface area contributed by atoms with Crippen LogP contribution in [0.1, 0.15) is 18.4 Å². The Hall–Kier alpha value is -1.10. The van der Waals surface area contributed by atoms with E-state index >= 15 is 0 Å². The summed E-state index contributed by atoms with van der Waals surface area (Å²) in [6.07, 6.45) is 2.00. The molecule has 0 spiro atoms. The Morgan fingerprint density at radius 1 is 1.26 bits per heavy atom. The van der Waals surface area contributed by atoms with E-state index in [1.54, 1.807) is 14.2 Å². The number of ether oxygens (including phenoxy) is 2. The average Bonchev–Trinajstić information content (AvgIpc) is 2.39. The zero-order chi connectivity index (χ0) is 14.1. The zero-order valence-electron chi connectivity index (χ0n) is 12.3. The van der Waals surface area contributed by atoms with Crippen molar-refractivity contribution in [2.75, 3.05) is 34.4 Å². The van der Waals surface area contributed by atoms with Crippen molar-refractivity contribution in [1.82, 2.24) is 4.90 Å². The zero-order valence-corrected chi connectivity index (χ0v) is 12.3. The number of benzene rings is 1. The molecule has 4 nitrogen and oxygen atoms in total. The van der Waals surface area contributed by atoms with E-state index in [4.69, 9.17) is 15.2 Å². The molecule has 0 heterocycles. The Morgan fingerprint density at radius 2 is 2.00 bits per heavy atom. The van der Waals surface area contributed by atoms with E-state index in [-0.39, 0.29) is 6.04 Å². The van der Waals surface area contributed by atoms with Gasteiger partial charge in [-0.15, -0.1) is 0 Å². The molecule has 0 amide bonds. The number of para-hydroxylation sites is 1. The third-order valence-corrected chi connectivity index (χ3v) is 3.10. The molecule has 1 aromatic carbocycles. The molecule has 0 aliphatic carbocycles. The van der Waals surface area contributed by atoms with E-state index < -0.39 is 0 Å². The van der Waals surface area contributed by atoms with Crippen molar-refractivity contribution in [1.29, 1.82) is 0 Å². The number of hydrogen-bond acceptors (Lipinski definition) is 4. The normalized spacial score (nSPS) is 12.7. The highest BCUT2D eigenvalue weighted by molar-refractivity contribution is 5.32. The van der Waals surface area contributed by atoms with Gasteiger partial charge in [0, 0.05) is 38.4 Å². The van der Waals surface area contributed by atoms with Gasteiger partial charge in [0.25, 0.3) is 0 Å². The van der Waals surface area contributed by atoms with Gasteiger partial charge >= 0.3 is 0 Å². The van der Waals surface area contributed by atoms with Crippen LogP contribution in [0.15, 0.2) is 24.3 Å². The van der Waals surface area contributed by atoms with E-state index in [9.17, 15) is 0 Å². The summed E-state index contributed by atoms with van der Waals surface area (Å²) in [6.45, 7) is 2.51. The van der Waals surface area contributed by atoms with Gasteiger partial charge in [-0.2, -0.15) is 0 Å². The first kappa shape index (κ1) is 16.0. The minimum absolute atomic E-state index is 0.190. The van der Waals surface area contributed by atoms with Crippen molar-refractivity contribution >= 4 is 0 Å². The molecule has 0 radical (unpaired) electrons.